The van der Waals surface area contributed by atoms with Crippen LogP contribution in [-0.4, -0.2) is 60.0 Å². The second-order valence-electron chi connectivity index (χ2n) is 5.87. The zero-order valence-corrected chi connectivity index (χ0v) is 14.2. The maximum absolute atomic E-state index is 11.3. The van der Waals surface area contributed by atoms with Crippen LogP contribution in [-0.2, 0) is 25.6 Å². The molecule has 3 unspecified atom stereocenters. The van der Waals surface area contributed by atoms with Crippen molar-refractivity contribution in [3.8, 4) is 0 Å². The summed E-state index contributed by atoms with van der Waals surface area (Å²) in [7, 11) is 0. The fraction of sp³-hybridized carbons (Fsp3) is 0.500. The number of hydrogen-bond donors (Lipinski definition) is 3. The van der Waals surface area contributed by atoms with Crippen LogP contribution in [0.4, 0.5) is 0 Å². The molecule has 1 aromatic carbocycles. The van der Waals surface area contributed by atoms with Crippen LogP contribution in [0.5, 0.6) is 0 Å². The molecular weight excluding hydrogens is 326 g/mol. The molecule has 7 heteroatoms. The number of hydrogen-bond acceptors (Lipinski definition) is 6. The molecule has 1 fully saturated rings. The molecule has 0 spiro atoms. The molecule has 1 amide bonds. The normalized spacial score (nSPS) is 29.2. The molecule has 25 heavy (non-hydrogen) atoms. The van der Waals surface area contributed by atoms with E-state index in [0.717, 1.165) is 5.56 Å². The van der Waals surface area contributed by atoms with Crippen molar-refractivity contribution in [3.63, 3.8) is 0 Å². The Morgan fingerprint density at radius 1 is 1.36 bits per heavy atom. The number of amides is 1. The molecule has 3 N–H and O–H groups in total. The Labute approximate surface area is 147 Å². The monoisotopic (exact) mass is 351 g/mol. The van der Waals surface area contributed by atoms with E-state index in [2.05, 4.69) is 11.9 Å². The van der Waals surface area contributed by atoms with Gasteiger partial charge in [-0.3, -0.25) is 4.79 Å². The second-order valence-corrected chi connectivity index (χ2v) is 5.87. The molecule has 1 saturated heterocycles. The quantitative estimate of drug-likeness (QED) is 0.585. The van der Waals surface area contributed by atoms with E-state index in [-0.39, 0.29) is 19.1 Å². The van der Waals surface area contributed by atoms with Gasteiger partial charge in [0.15, 0.2) is 6.29 Å². The third kappa shape index (κ3) is 5.62. The van der Waals surface area contributed by atoms with E-state index in [1.54, 1.807) is 0 Å². The molecule has 138 valence electrons. The Kier molecular flexibility index (Phi) is 7.54. The van der Waals surface area contributed by atoms with Crippen LogP contribution in [0, 0.1) is 0 Å². The van der Waals surface area contributed by atoms with Gasteiger partial charge in [0.2, 0.25) is 5.91 Å². The predicted octanol–water partition coefficient (Wildman–Crippen LogP) is 0.357. The van der Waals surface area contributed by atoms with E-state index in [9.17, 15) is 15.0 Å². The number of aliphatic hydroxyl groups is 2. The third-order valence-electron chi connectivity index (χ3n) is 3.86. The summed E-state index contributed by atoms with van der Waals surface area (Å²) in [6, 6.07) is 8.71. The van der Waals surface area contributed by atoms with Crippen LogP contribution in [0.2, 0.25) is 0 Å². The Morgan fingerprint density at radius 2 is 2.08 bits per heavy atom. The molecule has 0 radical (unpaired) electrons. The van der Waals surface area contributed by atoms with Crippen molar-refractivity contribution in [2.75, 3.05) is 13.2 Å². The summed E-state index contributed by atoms with van der Waals surface area (Å²) >= 11 is 0. The maximum atomic E-state index is 11.3. The van der Waals surface area contributed by atoms with E-state index in [4.69, 9.17) is 14.2 Å². The topological polar surface area (TPSA) is 97.3 Å². The van der Waals surface area contributed by atoms with Gasteiger partial charge in [0.1, 0.15) is 24.4 Å². The zero-order valence-electron chi connectivity index (χ0n) is 14.2. The van der Waals surface area contributed by atoms with Gasteiger partial charge < -0.3 is 29.7 Å². The molecule has 0 saturated carbocycles. The van der Waals surface area contributed by atoms with Crippen molar-refractivity contribution < 1.29 is 29.2 Å². The summed E-state index contributed by atoms with van der Waals surface area (Å²) in [5, 5.41) is 23.3. The minimum absolute atomic E-state index is 0.0772. The molecule has 5 atom stereocenters. The average Bonchev–Trinajstić information content (AvgIpc) is 2.59. The lowest BCUT2D eigenvalue weighted by molar-refractivity contribution is -0.263. The van der Waals surface area contributed by atoms with Crippen molar-refractivity contribution in [3.05, 3.63) is 48.6 Å². The van der Waals surface area contributed by atoms with E-state index >= 15 is 0 Å². The summed E-state index contributed by atoms with van der Waals surface area (Å²) in [5.74, 6) is -0.356. The number of rotatable bonds is 8. The zero-order chi connectivity index (χ0) is 18.2. The first-order valence-electron chi connectivity index (χ1n) is 8.15. The largest absolute Gasteiger partial charge is 0.388 e. The van der Waals surface area contributed by atoms with Gasteiger partial charge in [-0.15, -0.1) is 6.58 Å². The molecule has 0 aromatic heterocycles. The highest BCUT2D eigenvalue weighted by Gasteiger charge is 2.45. The standard InChI is InChI=1S/C18H25NO6/c1-3-9-24-17-15(19-12(2)20)18(22)25-14(16(17)21)11-23-10-13-7-5-4-6-8-13/h3-8,14-18,21-22H,1,9-11H2,2H3,(H,19,20)/t14?,15?,16-,17?,18-/m1/s1. The number of ether oxygens (including phenoxy) is 3. The highest BCUT2D eigenvalue weighted by Crippen LogP contribution is 2.23. The second kappa shape index (κ2) is 9.65. The van der Waals surface area contributed by atoms with Crippen molar-refractivity contribution in [2.24, 2.45) is 0 Å². The third-order valence-corrected chi connectivity index (χ3v) is 3.86. The Bertz CT molecular complexity index is 552. The first-order chi connectivity index (χ1) is 12.0. The fourth-order valence-corrected chi connectivity index (χ4v) is 2.71. The number of benzene rings is 1. The van der Waals surface area contributed by atoms with Crippen LogP contribution < -0.4 is 5.32 Å². The fourth-order valence-electron chi connectivity index (χ4n) is 2.71. The van der Waals surface area contributed by atoms with Gasteiger partial charge in [0.25, 0.3) is 0 Å². The van der Waals surface area contributed by atoms with Crippen LogP contribution in [0.15, 0.2) is 43.0 Å². The number of aliphatic hydroxyl groups excluding tert-OH is 2. The number of nitrogens with one attached hydrogen (secondary N) is 1. The lowest BCUT2D eigenvalue weighted by Crippen LogP contribution is -2.64. The molecule has 2 rings (SSSR count). The van der Waals surface area contributed by atoms with Crippen molar-refractivity contribution in [1.29, 1.82) is 0 Å². The number of carbonyl (C=O) groups excluding carboxylic acids is 1. The Hall–Kier alpha value is -1.77. The summed E-state index contributed by atoms with van der Waals surface area (Å²) in [5.41, 5.74) is 0.990. The molecular formula is C18H25NO6. The smallest absolute Gasteiger partial charge is 0.217 e. The maximum Gasteiger partial charge on any atom is 0.217 e. The van der Waals surface area contributed by atoms with Crippen LogP contribution >= 0.6 is 0 Å². The lowest BCUT2D eigenvalue weighted by atomic mass is 9.96. The molecule has 1 aromatic rings. The van der Waals surface area contributed by atoms with Crippen LogP contribution in [0.1, 0.15) is 12.5 Å². The summed E-state index contributed by atoms with van der Waals surface area (Å²) in [4.78, 5) is 11.3. The molecule has 1 heterocycles. The van der Waals surface area contributed by atoms with Gasteiger partial charge >= 0.3 is 0 Å². The average molecular weight is 351 g/mol. The molecule has 1 aliphatic rings. The van der Waals surface area contributed by atoms with E-state index in [1.165, 1.54) is 13.0 Å². The van der Waals surface area contributed by atoms with E-state index in [0.29, 0.717) is 6.61 Å². The van der Waals surface area contributed by atoms with Gasteiger partial charge in [0, 0.05) is 6.92 Å². The Morgan fingerprint density at radius 3 is 2.72 bits per heavy atom. The SMILES string of the molecule is C=CCOC1C(NC(C)=O)[C@H](O)OC(COCc2ccccc2)[C@H]1O. The van der Waals surface area contributed by atoms with Gasteiger partial charge in [-0.1, -0.05) is 36.4 Å². The summed E-state index contributed by atoms with van der Waals surface area (Å²) in [6.45, 7) is 5.49. The predicted molar refractivity (Wildman–Crippen MR) is 90.5 cm³/mol. The highest BCUT2D eigenvalue weighted by atomic mass is 16.6. The van der Waals surface area contributed by atoms with Crippen molar-refractivity contribution >= 4 is 5.91 Å². The van der Waals surface area contributed by atoms with Crippen LogP contribution in [0.3, 0.4) is 0 Å². The molecule has 0 aliphatic carbocycles. The Balaban J connectivity index is 1.97. The molecule has 0 bridgehead atoms. The summed E-state index contributed by atoms with van der Waals surface area (Å²) < 4.78 is 16.6. The van der Waals surface area contributed by atoms with E-state index in [1.807, 2.05) is 30.3 Å². The van der Waals surface area contributed by atoms with Gasteiger partial charge in [0.05, 0.1) is 19.8 Å². The molecule has 7 nitrogen and oxygen atoms in total. The minimum Gasteiger partial charge on any atom is -0.388 e. The lowest BCUT2D eigenvalue weighted by Gasteiger charge is -2.42. The van der Waals surface area contributed by atoms with Gasteiger partial charge in [-0.05, 0) is 5.56 Å². The summed E-state index contributed by atoms with van der Waals surface area (Å²) in [6.07, 6.45) is -2.47. The van der Waals surface area contributed by atoms with Crippen molar-refractivity contribution in [1.82, 2.24) is 5.32 Å². The molecule has 1 aliphatic heterocycles. The minimum atomic E-state index is -1.31. The first-order valence-corrected chi connectivity index (χ1v) is 8.15. The van der Waals surface area contributed by atoms with Gasteiger partial charge in [-0.2, -0.15) is 0 Å². The van der Waals surface area contributed by atoms with Crippen LogP contribution in [0.25, 0.3) is 0 Å². The highest BCUT2D eigenvalue weighted by molar-refractivity contribution is 5.73. The first kappa shape index (κ1) is 19.6. The number of carbonyl (C=O) groups is 1. The van der Waals surface area contributed by atoms with E-state index < -0.39 is 30.6 Å². The van der Waals surface area contributed by atoms with Crippen molar-refractivity contribution in [2.45, 2.75) is 44.2 Å². The van der Waals surface area contributed by atoms with Gasteiger partial charge in [-0.25, -0.2) is 0 Å².